The van der Waals surface area contributed by atoms with Crippen LogP contribution in [0.2, 0.25) is 5.02 Å². The van der Waals surface area contributed by atoms with Crippen LogP contribution in [-0.4, -0.2) is 24.2 Å². The molecular weight excluding hydrogens is 232 g/mol. The van der Waals surface area contributed by atoms with E-state index in [9.17, 15) is 9.59 Å². The standard InChI is InChI=1S/C11H9ClO4/c1-16-9(13)6-5-7-3-2-4-8(10(7)12)11(14)15/h2-6H,1H3,(H,14,15). The minimum Gasteiger partial charge on any atom is -0.478 e. The van der Waals surface area contributed by atoms with Gasteiger partial charge in [0.2, 0.25) is 0 Å². The van der Waals surface area contributed by atoms with Crippen molar-refractivity contribution in [2.24, 2.45) is 0 Å². The minimum atomic E-state index is -1.11. The van der Waals surface area contributed by atoms with Gasteiger partial charge in [0.1, 0.15) is 0 Å². The fraction of sp³-hybridized carbons (Fsp3) is 0.0909. The lowest BCUT2D eigenvalue weighted by Gasteiger charge is -2.01. The van der Waals surface area contributed by atoms with E-state index in [-0.39, 0.29) is 10.6 Å². The van der Waals surface area contributed by atoms with Crippen molar-refractivity contribution in [2.75, 3.05) is 7.11 Å². The smallest absolute Gasteiger partial charge is 0.337 e. The summed E-state index contributed by atoms with van der Waals surface area (Å²) in [5.41, 5.74) is 0.445. The first kappa shape index (κ1) is 12.3. The number of carbonyl (C=O) groups is 2. The van der Waals surface area contributed by atoms with Gasteiger partial charge in [-0.1, -0.05) is 23.7 Å². The summed E-state index contributed by atoms with van der Waals surface area (Å²) in [7, 11) is 1.25. The van der Waals surface area contributed by atoms with Gasteiger partial charge >= 0.3 is 11.9 Å². The molecule has 0 aliphatic rings. The number of halogens is 1. The van der Waals surface area contributed by atoms with E-state index in [4.69, 9.17) is 16.7 Å². The average molecular weight is 241 g/mol. The van der Waals surface area contributed by atoms with Gasteiger partial charge < -0.3 is 9.84 Å². The number of benzene rings is 1. The molecule has 0 aliphatic heterocycles. The van der Waals surface area contributed by atoms with Crippen molar-refractivity contribution < 1.29 is 19.4 Å². The van der Waals surface area contributed by atoms with Gasteiger partial charge in [-0.05, 0) is 17.7 Å². The number of carbonyl (C=O) groups excluding carboxylic acids is 1. The highest BCUT2D eigenvalue weighted by Gasteiger charge is 2.10. The molecule has 0 fully saturated rings. The summed E-state index contributed by atoms with van der Waals surface area (Å²) >= 11 is 5.85. The molecule has 4 nitrogen and oxygen atoms in total. The maximum Gasteiger partial charge on any atom is 0.337 e. The van der Waals surface area contributed by atoms with Gasteiger partial charge in [0, 0.05) is 6.08 Å². The average Bonchev–Trinajstić information content (AvgIpc) is 2.26. The molecule has 0 bridgehead atoms. The van der Waals surface area contributed by atoms with Crippen LogP contribution in [0.25, 0.3) is 6.08 Å². The Balaban J connectivity index is 3.07. The normalized spacial score (nSPS) is 10.4. The highest BCUT2D eigenvalue weighted by molar-refractivity contribution is 6.35. The third-order valence-electron chi connectivity index (χ3n) is 1.86. The van der Waals surface area contributed by atoms with Gasteiger partial charge in [0.05, 0.1) is 17.7 Å². The molecule has 16 heavy (non-hydrogen) atoms. The third kappa shape index (κ3) is 2.84. The second-order valence-corrected chi connectivity index (χ2v) is 3.25. The summed E-state index contributed by atoms with van der Waals surface area (Å²) in [6.45, 7) is 0. The maximum atomic E-state index is 10.8. The Morgan fingerprint density at radius 2 is 2.12 bits per heavy atom. The molecule has 5 heteroatoms. The highest BCUT2D eigenvalue weighted by Crippen LogP contribution is 2.22. The van der Waals surface area contributed by atoms with Crippen LogP contribution in [-0.2, 0) is 9.53 Å². The molecule has 0 radical (unpaired) electrons. The van der Waals surface area contributed by atoms with Crippen LogP contribution in [0, 0.1) is 0 Å². The second kappa shape index (κ2) is 5.32. The molecule has 1 aromatic rings. The van der Waals surface area contributed by atoms with Gasteiger partial charge in [-0.25, -0.2) is 9.59 Å². The fourth-order valence-corrected chi connectivity index (χ4v) is 1.34. The van der Waals surface area contributed by atoms with Gasteiger partial charge in [0.15, 0.2) is 0 Å². The molecule has 0 saturated carbocycles. The van der Waals surface area contributed by atoms with Crippen molar-refractivity contribution >= 4 is 29.6 Å². The molecule has 0 unspecified atom stereocenters. The van der Waals surface area contributed by atoms with E-state index in [2.05, 4.69) is 4.74 Å². The molecule has 0 aromatic heterocycles. The zero-order valence-corrected chi connectivity index (χ0v) is 9.19. The molecule has 84 valence electrons. The number of hydrogen-bond acceptors (Lipinski definition) is 3. The zero-order chi connectivity index (χ0) is 12.1. The van der Waals surface area contributed by atoms with Crippen LogP contribution >= 0.6 is 11.6 Å². The lowest BCUT2D eigenvalue weighted by molar-refractivity contribution is -0.134. The fourth-order valence-electron chi connectivity index (χ4n) is 1.07. The van der Waals surface area contributed by atoms with Gasteiger partial charge in [-0.2, -0.15) is 0 Å². The number of rotatable bonds is 3. The number of aromatic carboxylic acids is 1. The Hall–Kier alpha value is -1.81. The van der Waals surface area contributed by atoms with Gasteiger partial charge in [0.25, 0.3) is 0 Å². The molecule has 1 aromatic carbocycles. The number of carboxylic acid groups (broad SMARTS) is 1. The van der Waals surface area contributed by atoms with Crippen LogP contribution in [0.3, 0.4) is 0 Å². The van der Waals surface area contributed by atoms with E-state index < -0.39 is 11.9 Å². The summed E-state index contributed by atoms with van der Waals surface area (Å²) < 4.78 is 4.40. The predicted octanol–water partition coefficient (Wildman–Crippen LogP) is 2.22. The van der Waals surface area contributed by atoms with Crippen molar-refractivity contribution in [3.8, 4) is 0 Å². The largest absolute Gasteiger partial charge is 0.478 e. The molecule has 0 spiro atoms. The number of methoxy groups -OCH3 is 1. The predicted molar refractivity (Wildman–Crippen MR) is 59.5 cm³/mol. The monoisotopic (exact) mass is 240 g/mol. The topological polar surface area (TPSA) is 63.6 Å². The molecule has 1 N–H and O–H groups in total. The Morgan fingerprint density at radius 3 is 2.69 bits per heavy atom. The Kier molecular flexibility index (Phi) is 4.08. The third-order valence-corrected chi connectivity index (χ3v) is 2.28. The molecule has 0 amide bonds. The first-order valence-electron chi connectivity index (χ1n) is 4.34. The molecule has 0 atom stereocenters. The number of hydrogen-bond donors (Lipinski definition) is 1. The van der Waals surface area contributed by atoms with E-state index in [1.807, 2.05) is 0 Å². The quantitative estimate of drug-likeness (QED) is 0.650. The van der Waals surface area contributed by atoms with E-state index in [1.54, 1.807) is 12.1 Å². The minimum absolute atomic E-state index is 0.00585. The lowest BCUT2D eigenvalue weighted by Crippen LogP contribution is -1.98. The summed E-state index contributed by atoms with van der Waals surface area (Å²) in [6.07, 6.45) is 2.58. The molecule has 0 aliphatic carbocycles. The van der Waals surface area contributed by atoms with Crippen molar-refractivity contribution in [1.29, 1.82) is 0 Å². The number of carboxylic acids is 1. The van der Waals surface area contributed by atoms with E-state index >= 15 is 0 Å². The Morgan fingerprint density at radius 1 is 1.44 bits per heavy atom. The van der Waals surface area contributed by atoms with Crippen LogP contribution in [0.5, 0.6) is 0 Å². The second-order valence-electron chi connectivity index (χ2n) is 2.87. The number of ether oxygens (including phenoxy) is 1. The van der Waals surface area contributed by atoms with E-state index in [0.29, 0.717) is 5.56 Å². The first-order chi connectivity index (χ1) is 7.56. The van der Waals surface area contributed by atoms with Crippen molar-refractivity contribution in [3.05, 3.63) is 40.4 Å². The molecule has 0 saturated heterocycles. The highest BCUT2D eigenvalue weighted by atomic mass is 35.5. The summed E-state index contributed by atoms with van der Waals surface area (Å²) in [5, 5.41) is 8.91. The summed E-state index contributed by atoms with van der Waals surface area (Å²) in [6, 6.07) is 4.54. The van der Waals surface area contributed by atoms with Crippen molar-refractivity contribution in [3.63, 3.8) is 0 Å². The Labute approximate surface area is 97.1 Å². The van der Waals surface area contributed by atoms with Crippen LogP contribution in [0.4, 0.5) is 0 Å². The lowest BCUT2D eigenvalue weighted by atomic mass is 10.1. The van der Waals surface area contributed by atoms with Crippen molar-refractivity contribution in [2.45, 2.75) is 0 Å². The van der Waals surface area contributed by atoms with Crippen LogP contribution in [0.15, 0.2) is 24.3 Å². The number of esters is 1. The van der Waals surface area contributed by atoms with E-state index in [0.717, 1.165) is 0 Å². The molecular formula is C11H9ClO4. The van der Waals surface area contributed by atoms with Gasteiger partial charge in [-0.15, -0.1) is 0 Å². The van der Waals surface area contributed by atoms with E-state index in [1.165, 1.54) is 25.3 Å². The maximum absolute atomic E-state index is 10.8. The van der Waals surface area contributed by atoms with Crippen molar-refractivity contribution in [1.82, 2.24) is 0 Å². The molecule has 0 heterocycles. The van der Waals surface area contributed by atoms with Crippen LogP contribution < -0.4 is 0 Å². The summed E-state index contributed by atoms with van der Waals surface area (Å²) in [5.74, 6) is -1.64. The summed E-state index contributed by atoms with van der Waals surface area (Å²) in [4.78, 5) is 21.6. The van der Waals surface area contributed by atoms with Gasteiger partial charge in [-0.3, -0.25) is 0 Å². The SMILES string of the molecule is COC(=O)C=Cc1cccc(C(=O)O)c1Cl. The first-order valence-corrected chi connectivity index (χ1v) is 4.72. The zero-order valence-electron chi connectivity index (χ0n) is 8.44. The van der Waals surface area contributed by atoms with Crippen LogP contribution in [0.1, 0.15) is 15.9 Å². The Bertz CT molecular complexity index is 451. The molecule has 1 rings (SSSR count).